The minimum atomic E-state index is 0.201. The third kappa shape index (κ3) is 10.9. The summed E-state index contributed by atoms with van der Waals surface area (Å²) in [5.41, 5.74) is 2.82. The molecule has 0 atom stereocenters. The van der Waals surface area contributed by atoms with Crippen LogP contribution in [-0.4, -0.2) is 11.3 Å². The highest BCUT2D eigenvalue weighted by Crippen LogP contribution is 2.09. The van der Waals surface area contributed by atoms with Crippen molar-refractivity contribution in [3.8, 4) is 0 Å². The first kappa shape index (κ1) is 25.1. The summed E-state index contributed by atoms with van der Waals surface area (Å²) in [6.07, 6.45) is 5.18. The van der Waals surface area contributed by atoms with Gasteiger partial charge in [-0.25, -0.2) is 0 Å². The zero-order valence-corrected chi connectivity index (χ0v) is 15.9. The van der Waals surface area contributed by atoms with Crippen LogP contribution in [0, 0.1) is 6.92 Å². The van der Waals surface area contributed by atoms with Crippen molar-refractivity contribution in [3.63, 3.8) is 0 Å². The van der Waals surface area contributed by atoms with Gasteiger partial charge in [0.1, 0.15) is 11.5 Å². The Hall–Kier alpha value is -1.83. The van der Waals surface area contributed by atoms with Gasteiger partial charge in [-0.05, 0) is 38.0 Å². The summed E-state index contributed by atoms with van der Waals surface area (Å²) in [5, 5.41) is 9.54. The molecule has 1 rings (SSSR count). The lowest BCUT2D eigenvalue weighted by molar-refractivity contribution is 0.421. The van der Waals surface area contributed by atoms with E-state index in [0.29, 0.717) is 5.70 Å². The second-order valence-corrected chi connectivity index (χ2v) is 3.46. The first-order valence-corrected chi connectivity index (χ1v) is 8.30. The second-order valence-electron chi connectivity index (χ2n) is 3.46. The van der Waals surface area contributed by atoms with Gasteiger partial charge in [-0.3, -0.25) is 4.99 Å². The monoisotopic (exact) mass is 305 g/mol. The molecule has 1 aromatic rings. The van der Waals surface area contributed by atoms with Crippen LogP contribution in [-0.2, 0) is 0 Å². The average Bonchev–Trinajstić information content (AvgIpc) is 2.62. The molecule has 1 N–H and O–H groups in total. The van der Waals surface area contributed by atoms with Crippen LogP contribution in [0.3, 0.4) is 0 Å². The number of aliphatic hydroxyl groups excluding tert-OH is 1. The van der Waals surface area contributed by atoms with E-state index in [1.54, 1.807) is 25.3 Å². The SMILES string of the molecule is C/C=C(O)\C(=C/C)N=Cc1ccccc1C.CC.CC.CC. The van der Waals surface area contributed by atoms with Crippen LogP contribution < -0.4 is 0 Å². The maximum absolute atomic E-state index is 9.54. The highest BCUT2D eigenvalue weighted by atomic mass is 16.3. The third-order valence-electron chi connectivity index (χ3n) is 2.34. The summed E-state index contributed by atoms with van der Waals surface area (Å²) in [6, 6.07) is 8.00. The fourth-order valence-electron chi connectivity index (χ4n) is 1.31. The van der Waals surface area contributed by atoms with E-state index in [-0.39, 0.29) is 5.76 Å². The fraction of sp³-hybridized carbons (Fsp3) is 0.450. The number of hydrogen-bond acceptors (Lipinski definition) is 2. The van der Waals surface area contributed by atoms with Crippen molar-refractivity contribution in [2.75, 3.05) is 0 Å². The van der Waals surface area contributed by atoms with Crippen molar-refractivity contribution in [3.05, 3.63) is 59.0 Å². The van der Waals surface area contributed by atoms with Gasteiger partial charge in [0, 0.05) is 6.21 Å². The molecule has 0 bridgehead atoms. The van der Waals surface area contributed by atoms with E-state index >= 15 is 0 Å². The molecule has 1 aromatic carbocycles. The van der Waals surface area contributed by atoms with Crippen LogP contribution in [0.4, 0.5) is 0 Å². The molecule has 0 aromatic heterocycles. The van der Waals surface area contributed by atoms with Crippen molar-refractivity contribution < 1.29 is 5.11 Å². The topological polar surface area (TPSA) is 32.6 Å². The number of aliphatic hydroxyl groups is 1. The van der Waals surface area contributed by atoms with Gasteiger partial charge in [0.15, 0.2) is 0 Å². The van der Waals surface area contributed by atoms with Crippen molar-refractivity contribution in [2.24, 2.45) is 4.99 Å². The molecule has 126 valence electrons. The van der Waals surface area contributed by atoms with E-state index < -0.39 is 0 Å². The van der Waals surface area contributed by atoms with Crippen LogP contribution in [0.1, 0.15) is 66.5 Å². The summed E-state index contributed by atoms with van der Waals surface area (Å²) in [4.78, 5) is 4.26. The van der Waals surface area contributed by atoms with E-state index in [1.807, 2.05) is 79.7 Å². The van der Waals surface area contributed by atoms with Crippen molar-refractivity contribution in [1.29, 1.82) is 0 Å². The van der Waals surface area contributed by atoms with E-state index in [1.165, 1.54) is 5.56 Å². The van der Waals surface area contributed by atoms with Gasteiger partial charge in [0.05, 0.1) is 0 Å². The molecule has 0 heterocycles. The zero-order chi connectivity index (χ0) is 18.0. The molecule has 0 unspecified atom stereocenters. The summed E-state index contributed by atoms with van der Waals surface area (Å²) < 4.78 is 0. The second kappa shape index (κ2) is 19.2. The third-order valence-corrected chi connectivity index (χ3v) is 2.34. The minimum Gasteiger partial charge on any atom is -0.506 e. The molecule has 2 nitrogen and oxygen atoms in total. The summed E-state index contributed by atoms with van der Waals surface area (Å²) in [6.45, 7) is 17.7. The van der Waals surface area contributed by atoms with Crippen LogP contribution in [0.25, 0.3) is 0 Å². The maximum Gasteiger partial charge on any atom is 0.136 e. The Kier molecular flexibility index (Phi) is 21.9. The Labute approximate surface area is 138 Å². The van der Waals surface area contributed by atoms with Gasteiger partial charge >= 0.3 is 0 Å². The molecule has 0 spiro atoms. The normalized spacial score (nSPS) is 10.6. The van der Waals surface area contributed by atoms with Crippen LogP contribution in [0.5, 0.6) is 0 Å². The Balaban J connectivity index is -0.000000535. The van der Waals surface area contributed by atoms with Gasteiger partial charge in [-0.1, -0.05) is 71.9 Å². The number of aryl methyl sites for hydroxylation is 1. The molecule has 22 heavy (non-hydrogen) atoms. The average molecular weight is 306 g/mol. The molecule has 0 aliphatic heterocycles. The molecule has 0 saturated heterocycles. The van der Waals surface area contributed by atoms with Crippen molar-refractivity contribution in [2.45, 2.75) is 62.3 Å². The number of benzene rings is 1. The van der Waals surface area contributed by atoms with Gasteiger partial charge in [0.2, 0.25) is 0 Å². The molecule has 0 aliphatic carbocycles. The standard InChI is InChI=1S/C14H17NO.3C2H6/c1-4-13(14(16)5-2)15-10-12-9-7-6-8-11(12)3;3*1-2/h4-10,16H,1-3H3;3*1-2H3/b13-4+,14-5+,15-10?;;;. The predicted molar refractivity (Wildman–Crippen MR) is 103 cm³/mol. The zero-order valence-electron chi connectivity index (χ0n) is 15.9. The van der Waals surface area contributed by atoms with E-state index in [0.717, 1.165) is 5.56 Å². The van der Waals surface area contributed by atoms with Crippen LogP contribution in [0.2, 0.25) is 0 Å². The molecular weight excluding hydrogens is 270 g/mol. The Morgan fingerprint density at radius 3 is 1.82 bits per heavy atom. The number of allylic oxidation sites excluding steroid dienone is 2. The summed E-state index contributed by atoms with van der Waals surface area (Å²) >= 11 is 0. The highest BCUT2D eigenvalue weighted by molar-refractivity contribution is 5.82. The lowest BCUT2D eigenvalue weighted by Crippen LogP contribution is -1.89. The Bertz CT molecular complexity index is 443. The molecular formula is C20H35NO. The number of rotatable bonds is 3. The molecule has 2 heteroatoms. The molecule has 0 radical (unpaired) electrons. The number of aliphatic imine (C=N–C) groups is 1. The van der Waals surface area contributed by atoms with Crippen molar-refractivity contribution >= 4 is 6.21 Å². The minimum absolute atomic E-state index is 0.201. The van der Waals surface area contributed by atoms with Gasteiger partial charge < -0.3 is 5.11 Å². The summed E-state index contributed by atoms with van der Waals surface area (Å²) in [7, 11) is 0. The van der Waals surface area contributed by atoms with E-state index in [2.05, 4.69) is 4.99 Å². The van der Waals surface area contributed by atoms with Crippen molar-refractivity contribution in [1.82, 2.24) is 0 Å². The van der Waals surface area contributed by atoms with Crippen LogP contribution in [0.15, 0.2) is 52.9 Å². The molecule has 0 amide bonds. The lowest BCUT2D eigenvalue weighted by atomic mass is 10.1. The number of nitrogens with zero attached hydrogens (tertiary/aromatic N) is 1. The molecule has 0 fully saturated rings. The van der Waals surface area contributed by atoms with Gasteiger partial charge in [-0.2, -0.15) is 0 Å². The number of hydrogen-bond donors (Lipinski definition) is 1. The first-order valence-electron chi connectivity index (χ1n) is 8.30. The summed E-state index contributed by atoms with van der Waals surface area (Å²) in [5.74, 6) is 0.201. The maximum atomic E-state index is 9.54. The van der Waals surface area contributed by atoms with Gasteiger partial charge in [0.25, 0.3) is 0 Å². The highest BCUT2D eigenvalue weighted by Gasteiger charge is 1.98. The first-order chi connectivity index (χ1) is 10.7. The lowest BCUT2D eigenvalue weighted by Gasteiger charge is -2.00. The Morgan fingerprint density at radius 2 is 1.41 bits per heavy atom. The smallest absolute Gasteiger partial charge is 0.136 e. The van der Waals surface area contributed by atoms with E-state index in [9.17, 15) is 5.11 Å². The van der Waals surface area contributed by atoms with Crippen LogP contribution >= 0.6 is 0 Å². The van der Waals surface area contributed by atoms with E-state index in [4.69, 9.17) is 0 Å². The fourth-order valence-corrected chi connectivity index (χ4v) is 1.31. The largest absolute Gasteiger partial charge is 0.506 e. The molecule has 0 aliphatic rings. The van der Waals surface area contributed by atoms with Gasteiger partial charge in [-0.15, -0.1) is 0 Å². The molecule has 0 saturated carbocycles. The predicted octanol–water partition coefficient (Wildman–Crippen LogP) is 6.86. The quantitative estimate of drug-likeness (QED) is 0.369. The Morgan fingerprint density at radius 1 is 0.909 bits per heavy atom.